The molecule has 25 heavy (non-hydrogen) atoms. The Labute approximate surface area is 141 Å². The van der Waals surface area contributed by atoms with E-state index < -0.39 is 29.5 Å². The Bertz CT molecular complexity index is 831. The maximum Gasteiger partial charge on any atom is 0.416 e. The van der Waals surface area contributed by atoms with Gasteiger partial charge in [0.2, 0.25) is 0 Å². The van der Waals surface area contributed by atoms with Crippen molar-refractivity contribution >= 4 is 11.7 Å². The Morgan fingerprint density at radius 1 is 1.12 bits per heavy atom. The fourth-order valence-corrected chi connectivity index (χ4v) is 2.89. The minimum Gasteiger partial charge on any atom is -0.351 e. The van der Waals surface area contributed by atoms with Gasteiger partial charge < -0.3 is 5.73 Å². The van der Waals surface area contributed by atoms with Crippen molar-refractivity contribution in [2.24, 2.45) is 5.73 Å². The van der Waals surface area contributed by atoms with E-state index in [0.29, 0.717) is 17.3 Å². The summed E-state index contributed by atoms with van der Waals surface area (Å²) >= 11 is 0. The van der Waals surface area contributed by atoms with Gasteiger partial charge in [0, 0.05) is 18.2 Å². The number of urea groups is 1. The molecule has 1 aliphatic rings. The highest BCUT2D eigenvalue weighted by atomic mass is 19.4. The van der Waals surface area contributed by atoms with E-state index in [1.54, 1.807) is 36.4 Å². The lowest BCUT2D eigenvalue weighted by atomic mass is 9.97. The number of nitrogens with two attached hydrogens (primary N) is 1. The first-order valence-corrected chi connectivity index (χ1v) is 7.48. The maximum absolute atomic E-state index is 14.1. The van der Waals surface area contributed by atoms with E-state index in [1.165, 1.54) is 4.90 Å². The number of rotatable bonds is 2. The van der Waals surface area contributed by atoms with Gasteiger partial charge in [-0.2, -0.15) is 13.2 Å². The van der Waals surface area contributed by atoms with Crippen LogP contribution in [-0.4, -0.2) is 17.5 Å². The lowest BCUT2D eigenvalue weighted by molar-refractivity contribution is -0.137. The molecule has 2 N–H and O–H groups in total. The third kappa shape index (κ3) is 3.35. The zero-order valence-corrected chi connectivity index (χ0v) is 12.9. The predicted molar refractivity (Wildman–Crippen MR) is 84.9 cm³/mol. The van der Waals surface area contributed by atoms with Gasteiger partial charge in [-0.25, -0.2) is 9.18 Å². The fraction of sp³-hybridized carbons (Fsp3) is 0.167. The van der Waals surface area contributed by atoms with Crippen LogP contribution in [0.2, 0.25) is 0 Å². The molecule has 0 aromatic heterocycles. The molecule has 0 saturated heterocycles. The van der Waals surface area contributed by atoms with Gasteiger partial charge in [-0.15, -0.1) is 0 Å². The molecule has 1 aliphatic heterocycles. The first-order valence-electron chi connectivity index (χ1n) is 7.48. The van der Waals surface area contributed by atoms with Crippen LogP contribution in [0.1, 0.15) is 22.6 Å². The highest BCUT2D eigenvalue weighted by Crippen LogP contribution is 2.37. The molecule has 0 fully saturated rings. The molecule has 2 amide bonds. The van der Waals surface area contributed by atoms with Gasteiger partial charge in [0.25, 0.3) is 0 Å². The molecule has 130 valence electrons. The number of carbonyl (C=O) groups is 1. The van der Waals surface area contributed by atoms with Crippen LogP contribution in [0.3, 0.4) is 0 Å². The summed E-state index contributed by atoms with van der Waals surface area (Å²) < 4.78 is 52.9. The van der Waals surface area contributed by atoms with Crippen LogP contribution in [0.4, 0.5) is 22.4 Å². The number of amides is 2. The van der Waals surface area contributed by atoms with Crippen LogP contribution in [0, 0.1) is 5.82 Å². The predicted octanol–water partition coefficient (Wildman–Crippen LogP) is 4.36. The highest BCUT2D eigenvalue weighted by Gasteiger charge is 2.34. The third-order valence-electron chi connectivity index (χ3n) is 4.09. The van der Waals surface area contributed by atoms with Gasteiger partial charge in [0.05, 0.1) is 5.56 Å². The van der Waals surface area contributed by atoms with Gasteiger partial charge in [0.15, 0.2) is 0 Å². The van der Waals surface area contributed by atoms with E-state index in [1.807, 2.05) is 0 Å². The summed E-state index contributed by atoms with van der Waals surface area (Å²) in [5.74, 6) is -1.47. The summed E-state index contributed by atoms with van der Waals surface area (Å²) in [4.78, 5) is 12.9. The van der Waals surface area contributed by atoms with E-state index in [0.717, 1.165) is 12.1 Å². The van der Waals surface area contributed by atoms with Crippen LogP contribution in [0.15, 0.2) is 54.6 Å². The summed E-state index contributed by atoms with van der Waals surface area (Å²) in [5, 5.41) is 0. The summed E-state index contributed by atoms with van der Waals surface area (Å²) in [5.41, 5.74) is 5.45. The summed E-state index contributed by atoms with van der Waals surface area (Å²) in [7, 11) is 0. The second kappa shape index (κ2) is 6.23. The van der Waals surface area contributed by atoms with Gasteiger partial charge >= 0.3 is 12.2 Å². The first kappa shape index (κ1) is 17.0. The molecule has 3 nitrogen and oxygen atoms in total. The van der Waals surface area contributed by atoms with Crippen LogP contribution in [0.5, 0.6) is 0 Å². The van der Waals surface area contributed by atoms with E-state index in [4.69, 9.17) is 5.73 Å². The minimum atomic E-state index is -4.57. The minimum absolute atomic E-state index is 0.0161. The van der Waals surface area contributed by atoms with Crippen molar-refractivity contribution in [3.8, 4) is 0 Å². The number of hydrogen-bond donors (Lipinski definition) is 1. The molecule has 2 aromatic rings. The van der Waals surface area contributed by atoms with Gasteiger partial charge in [0.1, 0.15) is 5.82 Å². The molecule has 3 rings (SSSR count). The fourth-order valence-electron chi connectivity index (χ4n) is 2.89. The lowest BCUT2D eigenvalue weighted by Crippen LogP contribution is -2.33. The largest absolute Gasteiger partial charge is 0.416 e. The van der Waals surface area contributed by atoms with Gasteiger partial charge in [-0.05, 0) is 29.3 Å². The van der Waals surface area contributed by atoms with Crippen molar-refractivity contribution in [1.29, 1.82) is 0 Å². The normalized spacial score (nSPS) is 17.5. The van der Waals surface area contributed by atoms with E-state index >= 15 is 0 Å². The molecule has 0 aliphatic carbocycles. The second-order valence-corrected chi connectivity index (χ2v) is 5.71. The van der Waals surface area contributed by atoms with Crippen molar-refractivity contribution < 1.29 is 22.4 Å². The molecule has 0 saturated carbocycles. The number of alkyl halides is 3. The summed E-state index contributed by atoms with van der Waals surface area (Å²) in [6.07, 6.45) is -3.00. The number of nitrogens with zero attached hydrogens (tertiary/aromatic N) is 1. The number of hydrogen-bond acceptors (Lipinski definition) is 1. The number of primary amides is 1. The van der Waals surface area contributed by atoms with Crippen LogP contribution < -0.4 is 5.73 Å². The molecule has 1 heterocycles. The first-order chi connectivity index (χ1) is 11.8. The van der Waals surface area contributed by atoms with Crippen LogP contribution >= 0.6 is 0 Å². The standard InChI is InChI=1S/C18H14F4N2O/c19-15-7-6-13(18(20,21)22)9-14(15)12-8-16(24(10-12)17(23)25)11-4-2-1-3-5-11/h1-9,12H,10H2,(H2,23,25). The number of carbonyl (C=O) groups excluding carboxylic acids is 1. The number of halogens is 4. The second-order valence-electron chi connectivity index (χ2n) is 5.71. The molecule has 0 radical (unpaired) electrons. The molecular formula is C18H14F4N2O. The van der Waals surface area contributed by atoms with Crippen LogP contribution in [-0.2, 0) is 6.18 Å². The smallest absolute Gasteiger partial charge is 0.351 e. The Kier molecular flexibility index (Phi) is 4.24. The molecule has 2 aromatic carbocycles. The Morgan fingerprint density at radius 3 is 2.40 bits per heavy atom. The third-order valence-corrected chi connectivity index (χ3v) is 4.09. The van der Waals surface area contributed by atoms with Gasteiger partial charge in [-0.3, -0.25) is 4.90 Å². The Hall–Kier alpha value is -2.83. The average Bonchev–Trinajstić information content (AvgIpc) is 3.00. The molecule has 1 atom stereocenters. The maximum atomic E-state index is 14.1. The number of benzene rings is 2. The quantitative estimate of drug-likeness (QED) is 0.804. The average molecular weight is 350 g/mol. The van der Waals surface area contributed by atoms with E-state index in [-0.39, 0.29) is 12.1 Å². The Morgan fingerprint density at radius 2 is 1.80 bits per heavy atom. The monoisotopic (exact) mass is 350 g/mol. The van der Waals surface area contributed by atoms with Crippen LogP contribution in [0.25, 0.3) is 5.70 Å². The molecule has 7 heteroatoms. The SMILES string of the molecule is NC(=O)N1CC(c2cc(C(F)(F)F)ccc2F)C=C1c1ccccc1. The van der Waals surface area contributed by atoms with Gasteiger partial charge in [-0.1, -0.05) is 36.4 Å². The van der Waals surface area contributed by atoms with Crippen molar-refractivity contribution in [2.45, 2.75) is 12.1 Å². The highest BCUT2D eigenvalue weighted by molar-refractivity contribution is 5.86. The topological polar surface area (TPSA) is 46.3 Å². The molecule has 1 unspecified atom stereocenters. The van der Waals surface area contributed by atoms with E-state index in [2.05, 4.69) is 0 Å². The van der Waals surface area contributed by atoms with Crippen molar-refractivity contribution in [2.75, 3.05) is 6.54 Å². The van der Waals surface area contributed by atoms with E-state index in [9.17, 15) is 22.4 Å². The zero-order valence-electron chi connectivity index (χ0n) is 12.9. The summed E-state index contributed by atoms with van der Waals surface area (Å²) in [6, 6.07) is 10.3. The summed E-state index contributed by atoms with van der Waals surface area (Å²) in [6.45, 7) is -0.0161. The van der Waals surface area contributed by atoms with Crippen molar-refractivity contribution in [3.63, 3.8) is 0 Å². The zero-order chi connectivity index (χ0) is 18.2. The van der Waals surface area contributed by atoms with Crippen molar-refractivity contribution in [1.82, 2.24) is 4.90 Å². The molecule has 0 spiro atoms. The lowest BCUT2D eigenvalue weighted by Gasteiger charge is -2.19. The Balaban J connectivity index is 2.04. The molecule has 0 bridgehead atoms. The molecular weight excluding hydrogens is 336 g/mol. The van der Waals surface area contributed by atoms with Crippen molar-refractivity contribution in [3.05, 3.63) is 77.1 Å².